The maximum absolute atomic E-state index is 12.6. The van der Waals surface area contributed by atoms with E-state index in [0.717, 1.165) is 67.1 Å². The number of piperidine rings is 1. The Hall–Kier alpha value is -2.67. The summed E-state index contributed by atoms with van der Waals surface area (Å²) in [4.78, 5) is 21.4. The van der Waals surface area contributed by atoms with Crippen LogP contribution in [-0.2, 0) is 16.0 Å². The Morgan fingerprint density at radius 2 is 1.94 bits per heavy atom. The molecule has 32 heavy (non-hydrogen) atoms. The molecule has 2 heterocycles. The highest BCUT2D eigenvalue weighted by Gasteiger charge is 2.31. The number of benzene rings is 1. The van der Waals surface area contributed by atoms with Crippen molar-refractivity contribution < 1.29 is 9.53 Å². The van der Waals surface area contributed by atoms with Crippen LogP contribution < -0.4 is 16.4 Å². The third kappa shape index (κ3) is 6.19. The topological polar surface area (TPSA) is 102 Å². The zero-order valence-electron chi connectivity index (χ0n) is 19.6. The monoisotopic (exact) mass is 439 g/mol. The molecular formula is C25H37N5O2. The second-order valence-corrected chi connectivity index (χ2v) is 8.63. The first kappa shape index (κ1) is 24.0. The first-order valence-corrected chi connectivity index (χ1v) is 11.8. The number of esters is 1. The smallest absolute Gasteiger partial charge is 0.313 e. The Bertz CT molecular complexity index is 879. The molecule has 1 fully saturated rings. The number of nitrogens with two attached hydrogens (primary N) is 1. The van der Waals surface area contributed by atoms with Crippen LogP contribution in [-0.4, -0.2) is 42.7 Å². The zero-order chi connectivity index (χ0) is 22.9. The number of methoxy groups -OCH3 is 1. The average Bonchev–Trinajstić information content (AvgIpc) is 2.80. The Kier molecular flexibility index (Phi) is 8.85. The summed E-state index contributed by atoms with van der Waals surface area (Å²) < 4.78 is 5.15. The molecule has 7 heteroatoms. The molecule has 1 aromatic carbocycles. The van der Waals surface area contributed by atoms with E-state index in [4.69, 9.17) is 10.5 Å². The Labute approximate surface area is 191 Å². The van der Waals surface area contributed by atoms with Crippen molar-refractivity contribution >= 4 is 17.7 Å². The van der Waals surface area contributed by atoms with Gasteiger partial charge in [-0.15, -0.1) is 0 Å². The van der Waals surface area contributed by atoms with Gasteiger partial charge in [0.15, 0.2) is 0 Å². The Morgan fingerprint density at radius 3 is 2.59 bits per heavy atom. The molecule has 1 aliphatic rings. The zero-order valence-corrected chi connectivity index (χ0v) is 19.6. The third-order valence-corrected chi connectivity index (χ3v) is 6.33. The van der Waals surface area contributed by atoms with Crippen LogP contribution >= 0.6 is 0 Å². The van der Waals surface area contributed by atoms with Crippen molar-refractivity contribution in [2.45, 2.75) is 58.3 Å². The maximum atomic E-state index is 12.6. The van der Waals surface area contributed by atoms with Crippen LogP contribution in [0.5, 0.6) is 0 Å². The van der Waals surface area contributed by atoms with Crippen molar-refractivity contribution in [3.8, 4) is 0 Å². The molecule has 4 N–H and O–H groups in total. The standard InChI is InChI=1S/C25H37N5O2/c1-4-5-6-13-28-23-21(17(2)29-25(26)30-23)16-18-7-9-19(10-8-18)22(24(31)32-3)20-11-14-27-15-12-20/h7-10,20,22,27H,4-6,11-16H2,1-3H3,(H3,26,28,29,30). The van der Waals surface area contributed by atoms with E-state index in [1.807, 2.05) is 6.92 Å². The Balaban J connectivity index is 1.78. The quantitative estimate of drug-likeness (QED) is 0.382. The van der Waals surface area contributed by atoms with Gasteiger partial charge in [0.1, 0.15) is 5.82 Å². The van der Waals surface area contributed by atoms with E-state index in [9.17, 15) is 4.79 Å². The second kappa shape index (κ2) is 11.8. The Morgan fingerprint density at radius 1 is 1.22 bits per heavy atom. The van der Waals surface area contributed by atoms with Crippen LogP contribution in [0.15, 0.2) is 24.3 Å². The molecule has 1 aromatic heterocycles. The summed E-state index contributed by atoms with van der Waals surface area (Å²) in [5.41, 5.74) is 10.0. The molecule has 0 radical (unpaired) electrons. The molecule has 2 aromatic rings. The van der Waals surface area contributed by atoms with Crippen LogP contribution in [0.1, 0.15) is 67.3 Å². The largest absolute Gasteiger partial charge is 0.469 e. The lowest BCUT2D eigenvalue weighted by Gasteiger charge is -2.29. The summed E-state index contributed by atoms with van der Waals surface area (Å²) >= 11 is 0. The molecule has 1 atom stereocenters. The van der Waals surface area contributed by atoms with Gasteiger partial charge in [0.05, 0.1) is 13.0 Å². The fraction of sp³-hybridized carbons (Fsp3) is 0.560. The number of hydrogen-bond acceptors (Lipinski definition) is 7. The number of nitrogen functional groups attached to an aromatic ring is 1. The maximum Gasteiger partial charge on any atom is 0.313 e. The number of nitrogens with one attached hydrogen (secondary N) is 2. The van der Waals surface area contributed by atoms with Gasteiger partial charge in [-0.1, -0.05) is 44.0 Å². The number of aryl methyl sites for hydroxylation is 1. The van der Waals surface area contributed by atoms with Gasteiger partial charge in [-0.25, -0.2) is 4.98 Å². The minimum Gasteiger partial charge on any atom is -0.469 e. The van der Waals surface area contributed by atoms with Gasteiger partial charge in [-0.05, 0) is 56.3 Å². The fourth-order valence-electron chi connectivity index (χ4n) is 4.51. The van der Waals surface area contributed by atoms with Gasteiger partial charge < -0.3 is 21.1 Å². The normalized spacial score (nSPS) is 15.3. The number of rotatable bonds is 10. The number of anilines is 2. The van der Waals surface area contributed by atoms with E-state index in [-0.39, 0.29) is 11.9 Å². The van der Waals surface area contributed by atoms with Crippen molar-refractivity contribution in [3.63, 3.8) is 0 Å². The lowest BCUT2D eigenvalue weighted by atomic mass is 9.80. The number of unbranched alkanes of at least 4 members (excludes halogenated alkanes) is 2. The van der Waals surface area contributed by atoms with Gasteiger partial charge in [0.2, 0.25) is 5.95 Å². The van der Waals surface area contributed by atoms with Crippen LogP contribution in [0, 0.1) is 12.8 Å². The number of carbonyl (C=O) groups is 1. The average molecular weight is 440 g/mol. The van der Waals surface area contributed by atoms with Crippen LogP contribution in [0.4, 0.5) is 11.8 Å². The van der Waals surface area contributed by atoms with Gasteiger partial charge in [0, 0.05) is 24.2 Å². The summed E-state index contributed by atoms with van der Waals surface area (Å²) in [6.07, 6.45) is 6.13. The van der Waals surface area contributed by atoms with Crippen molar-refractivity contribution in [1.82, 2.24) is 15.3 Å². The number of hydrogen-bond donors (Lipinski definition) is 3. The summed E-state index contributed by atoms with van der Waals surface area (Å²) in [7, 11) is 1.48. The minimum atomic E-state index is -0.214. The number of ether oxygens (including phenoxy) is 1. The van der Waals surface area contributed by atoms with Gasteiger partial charge in [-0.2, -0.15) is 4.98 Å². The van der Waals surface area contributed by atoms with E-state index in [1.54, 1.807) is 0 Å². The molecule has 0 saturated carbocycles. The fourth-order valence-corrected chi connectivity index (χ4v) is 4.51. The minimum absolute atomic E-state index is 0.147. The first-order valence-electron chi connectivity index (χ1n) is 11.8. The van der Waals surface area contributed by atoms with Crippen LogP contribution in [0.2, 0.25) is 0 Å². The highest BCUT2D eigenvalue weighted by Crippen LogP contribution is 2.33. The molecule has 7 nitrogen and oxygen atoms in total. The molecule has 0 aliphatic carbocycles. The van der Waals surface area contributed by atoms with Crippen molar-refractivity contribution in [3.05, 3.63) is 46.6 Å². The summed E-state index contributed by atoms with van der Waals surface area (Å²) in [6.45, 7) is 6.93. The predicted molar refractivity (Wildman–Crippen MR) is 129 cm³/mol. The molecule has 3 rings (SSSR count). The van der Waals surface area contributed by atoms with E-state index in [2.05, 4.69) is 51.8 Å². The molecular weight excluding hydrogens is 402 g/mol. The van der Waals surface area contributed by atoms with Gasteiger partial charge in [0.25, 0.3) is 0 Å². The van der Waals surface area contributed by atoms with Crippen molar-refractivity contribution in [2.24, 2.45) is 5.92 Å². The molecule has 0 spiro atoms. The highest BCUT2D eigenvalue weighted by atomic mass is 16.5. The van der Waals surface area contributed by atoms with Crippen molar-refractivity contribution in [1.29, 1.82) is 0 Å². The molecule has 174 valence electrons. The van der Waals surface area contributed by atoms with Gasteiger partial charge >= 0.3 is 5.97 Å². The highest BCUT2D eigenvalue weighted by molar-refractivity contribution is 5.78. The lowest BCUT2D eigenvalue weighted by Crippen LogP contribution is -2.34. The predicted octanol–water partition coefficient (Wildman–Crippen LogP) is 3.82. The molecule has 1 saturated heterocycles. The number of aromatic nitrogens is 2. The van der Waals surface area contributed by atoms with Gasteiger partial charge in [-0.3, -0.25) is 4.79 Å². The second-order valence-electron chi connectivity index (χ2n) is 8.63. The summed E-state index contributed by atoms with van der Waals surface area (Å²) in [5, 5.41) is 6.82. The third-order valence-electron chi connectivity index (χ3n) is 6.33. The molecule has 0 amide bonds. The number of nitrogens with zero attached hydrogens (tertiary/aromatic N) is 2. The van der Waals surface area contributed by atoms with Crippen molar-refractivity contribution in [2.75, 3.05) is 37.8 Å². The molecule has 1 unspecified atom stereocenters. The lowest BCUT2D eigenvalue weighted by molar-refractivity contribution is -0.144. The van der Waals surface area contributed by atoms with E-state index < -0.39 is 0 Å². The molecule has 0 bridgehead atoms. The summed E-state index contributed by atoms with van der Waals surface area (Å²) in [6, 6.07) is 8.34. The van der Waals surface area contributed by atoms with E-state index in [0.29, 0.717) is 18.3 Å². The van der Waals surface area contributed by atoms with E-state index >= 15 is 0 Å². The molecule has 1 aliphatic heterocycles. The summed E-state index contributed by atoms with van der Waals surface area (Å²) in [5.74, 6) is 1.06. The van der Waals surface area contributed by atoms with Crippen LogP contribution in [0.25, 0.3) is 0 Å². The SMILES string of the molecule is CCCCCNc1nc(N)nc(C)c1Cc1ccc(C(C(=O)OC)C2CCNCC2)cc1. The van der Waals surface area contributed by atoms with Crippen LogP contribution in [0.3, 0.4) is 0 Å². The number of carbonyl (C=O) groups excluding carboxylic acids is 1. The van der Waals surface area contributed by atoms with E-state index in [1.165, 1.54) is 20.0 Å². The first-order chi connectivity index (χ1) is 15.5.